The minimum Gasteiger partial charge on any atom is -0.326 e. The number of carbonyl (C=O) groups excluding carboxylic acids is 2. The Bertz CT molecular complexity index is 994. The van der Waals surface area contributed by atoms with Crippen molar-refractivity contribution in [2.45, 2.75) is 11.3 Å². The Morgan fingerprint density at radius 1 is 0.862 bits per heavy atom. The number of nitrogens with one attached hydrogen (secondary N) is 2. The molecular formula is C22H18BrClN2O2S. The van der Waals surface area contributed by atoms with Crippen LogP contribution in [0, 0.1) is 0 Å². The monoisotopic (exact) mass is 488 g/mol. The topological polar surface area (TPSA) is 58.2 Å². The zero-order valence-electron chi connectivity index (χ0n) is 15.3. The molecule has 0 heterocycles. The minimum absolute atomic E-state index is 0.0813. The van der Waals surface area contributed by atoms with Crippen molar-refractivity contribution in [3.8, 4) is 0 Å². The van der Waals surface area contributed by atoms with Crippen molar-refractivity contribution in [2.75, 3.05) is 16.4 Å². The Hall–Kier alpha value is -2.28. The predicted molar refractivity (Wildman–Crippen MR) is 124 cm³/mol. The van der Waals surface area contributed by atoms with Crippen LogP contribution in [0.5, 0.6) is 0 Å². The molecule has 3 rings (SSSR count). The summed E-state index contributed by atoms with van der Waals surface area (Å²) in [6.45, 7) is 0. The van der Waals surface area contributed by atoms with Crippen LogP contribution in [-0.4, -0.2) is 17.6 Å². The summed E-state index contributed by atoms with van der Waals surface area (Å²) in [5, 5.41) is 6.39. The van der Waals surface area contributed by atoms with Crippen LogP contribution in [0.25, 0.3) is 0 Å². The van der Waals surface area contributed by atoms with Crippen molar-refractivity contribution < 1.29 is 9.59 Å². The quantitative estimate of drug-likeness (QED) is 0.399. The fraction of sp³-hybridized carbons (Fsp3) is 0.0909. The highest BCUT2D eigenvalue weighted by molar-refractivity contribution is 9.10. The van der Waals surface area contributed by atoms with Crippen LogP contribution in [0.3, 0.4) is 0 Å². The van der Waals surface area contributed by atoms with E-state index in [1.807, 2.05) is 60.7 Å². The van der Waals surface area contributed by atoms with E-state index in [4.69, 9.17) is 11.6 Å². The molecule has 0 aliphatic carbocycles. The van der Waals surface area contributed by atoms with Crippen molar-refractivity contribution in [2.24, 2.45) is 0 Å². The maximum atomic E-state index is 12.2. The third-order valence-electron chi connectivity index (χ3n) is 3.93. The number of carbonyl (C=O) groups is 2. The van der Waals surface area contributed by atoms with Gasteiger partial charge in [-0.15, -0.1) is 11.8 Å². The molecule has 0 aliphatic heterocycles. The molecule has 3 aromatic carbocycles. The van der Waals surface area contributed by atoms with Gasteiger partial charge < -0.3 is 10.6 Å². The Kier molecular flexibility index (Phi) is 7.75. The van der Waals surface area contributed by atoms with Crippen LogP contribution in [0.4, 0.5) is 11.4 Å². The van der Waals surface area contributed by atoms with Crippen molar-refractivity contribution in [1.82, 2.24) is 0 Å². The van der Waals surface area contributed by atoms with E-state index >= 15 is 0 Å². The first-order chi connectivity index (χ1) is 14.0. The Labute approximate surface area is 187 Å². The lowest BCUT2D eigenvalue weighted by Crippen LogP contribution is -2.14. The first-order valence-corrected chi connectivity index (χ1v) is 11.0. The van der Waals surface area contributed by atoms with Crippen molar-refractivity contribution >= 4 is 62.5 Å². The molecule has 0 aromatic heterocycles. The van der Waals surface area contributed by atoms with Gasteiger partial charge in [-0.2, -0.15) is 0 Å². The smallest absolute Gasteiger partial charge is 0.234 e. The van der Waals surface area contributed by atoms with E-state index in [9.17, 15) is 9.59 Å². The van der Waals surface area contributed by atoms with E-state index in [1.165, 1.54) is 11.8 Å². The van der Waals surface area contributed by atoms with Crippen LogP contribution in [0.15, 0.2) is 82.2 Å². The number of thioether (sulfide) groups is 1. The highest BCUT2D eigenvalue weighted by Gasteiger charge is 2.07. The summed E-state index contributed by atoms with van der Waals surface area (Å²) in [4.78, 5) is 25.2. The number of amides is 2. The molecule has 3 aromatic rings. The number of hydrogen-bond donors (Lipinski definition) is 2. The van der Waals surface area contributed by atoms with Gasteiger partial charge in [0, 0.05) is 20.1 Å². The largest absolute Gasteiger partial charge is 0.326 e. The Balaban J connectivity index is 1.47. The number of hydrogen-bond acceptors (Lipinski definition) is 3. The summed E-state index contributed by atoms with van der Waals surface area (Å²) in [5.41, 5.74) is 2.36. The van der Waals surface area contributed by atoms with Gasteiger partial charge in [-0.05, 0) is 70.0 Å². The van der Waals surface area contributed by atoms with Crippen molar-refractivity contribution in [3.05, 3.63) is 87.9 Å². The average molecular weight is 490 g/mol. The second kappa shape index (κ2) is 10.5. The molecule has 4 nitrogen and oxygen atoms in total. The van der Waals surface area contributed by atoms with Gasteiger partial charge in [-0.25, -0.2) is 0 Å². The van der Waals surface area contributed by atoms with E-state index in [0.717, 1.165) is 20.6 Å². The van der Waals surface area contributed by atoms with Crippen molar-refractivity contribution in [3.63, 3.8) is 0 Å². The van der Waals surface area contributed by atoms with Crippen molar-refractivity contribution in [1.29, 1.82) is 0 Å². The first kappa shape index (κ1) is 21.4. The molecule has 0 aliphatic rings. The highest BCUT2D eigenvalue weighted by atomic mass is 79.9. The van der Waals surface area contributed by atoms with Crippen LogP contribution >= 0.6 is 39.3 Å². The molecule has 2 N–H and O–H groups in total. The van der Waals surface area contributed by atoms with Gasteiger partial charge >= 0.3 is 0 Å². The number of para-hydroxylation sites is 1. The molecular weight excluding hydrogens is 472 g/mol. The number of benzene rings is 3. The van der Waals surface area contributed by atoms with Crippen LogP contribution in [0.1, 0.15) is 5.56 Å². The Morgan fingerprint density at radius 2 is 1.55 bits per heavy atom. The summed E-state index contributed by atoms with van der Waals surface area (Å²) in [7, 11) is 0. The molecule has 0 bridgehead atoms. The van der Waals surface area contributed by atoms with E-state index < -0.39 is 0 Å². The zero-order chi connectivity index (χ0) is 20.6. The number of halogens is 2. The molecule has 29 heavy (non-hydrogen) atoms. The second-order valence-corrected chi connectivity index (χ2v) is 8.53. The van der Waals surface area contributed by atoms with Gasteiger partial charge in [-0.3, -0.25) is 9.59 Å². The lowest BCUT2D eigenvalue weighted by Gasteiger charge is -2.08. The zero-order valence-corrected chi connectivity index (χ0v) is 18.5. The SMILES string of the molecule is O=C(Cc1ccc(Cl)cc1)Nc1ccc(SCC(=O)Nc2ccccc2Br)cc1. The lowest BCUT2D eigenvalue weighted by molar-refractivity contribution is -0.115. The van der Waals surface area contributed by atoms with Gasteiger partial charge in [0.15, 0.2) is 0 Å². The molecule has 0 spiro atoms. The minimum atomic E-state index is -0.0967. The summed E-state index contributed by atoms with van der Waals surface area (Å²) < 4.78 is 0.844. The molecule has 148 valence electrons. The molecule has 2 amide bonds. The molecule has 0 saturated carbocycles. The average Bonchev–Trinajstić information content (AvgIpc) is 2.71. The van der Waals surface area contributed by atoms with Crippen LogP contribution in [-0.2, 0) is 16.0 Å². The fourth-order valence-electron chi connectivity index (χ4n) is 2.53. The number of anilines is 2. The maximum absolute atomic E-state index is 12.2. The van der Waals surface area contributed by atoms with Gasteiger partial charge in [0.25, 0.3) is 0 Å². The van der Waals surface area contributed by atoms with Gasteiger partial charge in [0.2, 0.25) is 11.8 Å². The molecule has 0 atom stereocenters. The van der Waals surface area contributed by atoms with Gasteiger partial charge in [0.1, 0.15) is 0 Å². The maximum Gasteiger partial charge on any atom is 0.234 e. The summed E-state index contributed by atoms with van der Waals surface area (Å²) in [6, 6.07) is 22.1. The molecule has 0 fully saturated rings. The third-order valence-corrected chi connectivity index (χ3v) is 5.89. The Morgan fingerprint density at radius 3 is 2.24 bits per heavy atom. The highest BCUT2D eigenvalue weighted by Crippen LogP contribution is 2.23. The standard InChI is InChI=1S/C22H18BrClN2O2S/c23-19-3-1-2-4-20(19)26-22(28)14-29-18-11-9-17(10-12-18)25-21(27)13-15-5-7-16(24)8-6-15/h1-12H,13-14H2,(H,25,27)(H,26,28). The summed E-state index contributed by atoms with van der Waals surface area (Å²) in [6.07, 6.45) is 0.281. The number of rotatable bonds is 7. The lowest BCUT2D eigenvalue weighted by atomic mass is 10.1. The molecule has 0 radical (unpaired) electrons. The molecule has 0 saturated heterocycles. The normalized spacial score (nSPS) is 10.4. The van der Waals surface area contributed by atoms with E-state index in [1.54, 1.807) is 12.1 Å². The summed E-state index contributed by atoms with van der Waals surface area (Å²) >= 11 is 10.7. The molecule has 7 heteroatoms. The first-order valence-electron chi connectivity index (χ1n) is 8.81. The summed E-state index contributed by atoms with van der Waals surface area (Å²) in [5.74, 6) is 0.117. The van der Waals surface area contributed by atoms with E-state index in [-0.39, 0.29) is 18.2 Å². The molecule has 0 unspecified atom stereocenters. The third kappa shape index (κ3) is 6.92. The predicted octanol–water partition coefficient (Wildman–Crippen LogP) is 6.01. The van der Waals surface area contributed by atoms with Crippen LogP contribution < -0.4 is 10.6 Å². The second-order valence-electron chi connectivity index (χ2n) is 6.19. The van der Waals surface area contributed by atoms with E-state index in [0.29, 0.717) is 16.5 Å². The fourth-order valence-corrected chi connectivity index (χ4v) is 3.73. The van der Waals surface area contributed by atoms with Gasteiger partial charge in [-0.1, -0.05) is 35.9 Å². The van der Waals surface area contributed by atoms with E-state index in [2.05, 4.69) is 26.6 Å². The van der Waals surface area contributed by atoms with Crippen LogP contribution in [0.2, 0.25) is 5.02 Å². The van der Waals surface area contributed by atoms with Gasteiger partial charge in [0.05, 0.1) is 17.9 Å².